The van der Waals surface area contributed by atoms with Crippen molar-refractivity contribution in [3.63, 3.8) is 0 Å². The van der Waals surface area contributed by atoms with Crippen molar-refractivity contribution in [2.75, 3.05) is 20.1 Å². The largest absolute Gasteiger partial charge is 0.361 e. The minimum Gasteiger partial charge on any atom is -0.361 e. The van der Waals surface area contributed by atoms with Gasteiger partial charge in [0.05, 0.1) is 13.1 Å². The summed E-state index contributed by atoms with van der Waals surface area (Å²) in [6.45, 7) is 3.71. The SMILES string of the molecule is Cc1cc(CN(C)C(=O)CNCC2CC2)no1. The van der Waals surface area contributed by atoms with Crippen LogP contribution < -0.4 is 5.32 Å². The summed E-state index contributed by atoms with van der Waals surface area (Å²) in [5.74, 6) is 1.66. The number of likely N-dealkylation sites (N-methyl/N-ethyl adjacent to an activating group) is 1. The first kappa shape index (κ1) is 12.1. The molecule has 1 aliphatic rings. The average Bonchev–Trinajstić information content (AvgIpc) is 3.02. The zero-order chi connectivity index (χ0) is 12.3. The van der Waals surface area contributed by atoms with Gasteiger partial charge in [-0.1, -0.05) is 5.16 Å². The molecule has 1 saturated carbocycles. The van der Waals surface area contributed by atoms with Crippen molar-refractivity contribution in [1.82, 2.24) is 15.4 Å². The van der Waals surface area contributed by atoms with Crippen LogP contribution in [0.1, 0.15) is 24.3 Å². The van der Waals surface area contributed by atoms with E-state index in [1.165, 1.54) is 12.8 Å². The van der Waals surface area contributed by atoms with Gasteiger partial charge in [0.2, 0.25) is 5.91 Å². The molecule has 0 aromatic carbocycles. The minimum absolute atomic E-state index is 0.0892. The van der Waals surface area contributed by atoms with Gasteiger partial charge in [-0.25, -0.2) is 0 Å². The Kier molecular flexibility index (Phi) is 3.78. The van der Waals surface area contributed by atoms with E-state index in [4.69, 9.17) is 4.52 Å². The number of hydrogen-bond acceptors (Lipinski definition) is 4. The van der Waals surface area contributed by atoms with E-state index >= 15 is 0 Å². The minimum atomic E-state index is 0.0892. The van der Waals surface area contributed by atoms with E-state index in [1.807, 2.05) is 13.0 Å². The lowest BCUT2D eigenvalue weighted by atomic mass is 10.3. The Labute approximate surface area is 101 Å². The van der Waals surface area contributed by atoms with Crippen molar-refractivity contribution in [1.29, 1.82) is 0 Å². The van der Waals surface area contributed by atoms with Crippen LogP contribution in [0.3, 0.4) is 0 Å². The monoisotopic (exact) mass is 237 g/mol. The van der Waals surface area contributed by atoms with Gasteiger partial charge >= 0.3 is 0 Å². The molecule has 5 heteroatoms. The molecule has 5 nitrogen and oxygen atoms in total. The lowest BCUT2D eigenvalue weighted by Gasteiger charge is -2.15. The molecule has 0 bridgehead atoms. The Morgan fingerprint density at radius 2 is 2.41 bits per heavy atom. The van der Waals surface area contributed by atoms with Gasteiger partial charge in [0.25, 0.3) is 0 Å². The number of amides is 1. The van der Waals surface area contributed by atoms with E-state index in [0.29, 0.717) is 13.1 Å². The van der Waals surface area contributed by atoms with E-state index in [1.54, 1.807) is 11.9 Å². The predicted octanol–water partition coefficient (Wildman–Crippen LogP) is 0.941. The third-order valence-corrected chi connectivity index (χ3v) is 2.91. The second kappa shape index (κ2) is 5.31. The van der Waals surface area contributed by atoms with Gasteiger partial charge in [-0.05, 0) is 32.2 Å². The highest BCUT2D eigenvalue weighted by molar-refractivity contribution is 5.77. The molecule has 94 valence electrons. The molecule has 1 N–H and O–H groups in total. The summed E-state index contributed by atoms with van der Waals surface area (Å²) in [6, 6.07) is 1.85. The molecule has 1 aliphatic carbocycles. The van der Waals surface area contributed by atoms with Crippen LogP contribution in [-0.2, 0) is 11.3 Å². The number of rotatable bonds is 6. The van der Waals surface area contributed by atoms with Gasteiger partial charge in [-0.3, -0.25) is 4.79 Å². The molecule has 1 aromatic heterocycles. The highest BCUT2D eigenvalue weighted by Gasteiger charge is 2.21. The number of aromatic nitrogens is 1. The summed E-state index contributed by atoms with van der Waals surface area (Å²) in [5.41, 5.74) is 0.792. The molecule has 1 aromatic rings. The Morgan fingerprint density at radius 3 is 3.00 bits per heavy atom. The predicted molar refractivity (Wildman–Crippen MR) is 63.3 cm³/mol. The molecule has 0 atom stereocenters. The summed E-state index contributed by atoms with van der Waals surface area (Å²) < 4.78 is 4.96. The van der Waals surface area contributed by atoms with Crippen molar-refractivity contribution >= 4 is 5.91 Å². The van der Waals surface area contributed by atoms with Gasteiger partial charge in [0, 0.05) is 13.1 Å². The second-order valence-corrected chi connectivity index (χ2v) is 4.75. The van der Waals surface area contributed by atoms with E-state index in [2.05, 4.69) is 10.5 Å². The van der Waals surface area contributed by atoms with E-state index in [-0.39, 0.29) is 5.91 Å². The van der Waals surface area contributed by atoms with Gasteiger partial charge < -0.3 is 14.7 Å². The average molecular weight is 237 g/mol. The van der Waals surface area contributed by atoms with Crippen LogP contribution in [0.2, 0.25) is 0 Å². The van der Waals surface area contributed by atoms with Crippen LogP contribution in [0.25, 0.3) is 0 Å². The lowest BCUT2D eigenvalue weighted by Crippen LogP contribution is -2.35. The molecule has 0 unspecified atom stereocenters. The second-order valence-electron chi connectivity index (χ2n) is 4.75. The third-order valence-electron chi connectivity index (χ3n) is 2.91. The zero-order valence-corrected chi connectivity index (χ0v) is 10.4. The number of nitrogens with zero attached hydrogens (tertiary/aromatic N) is 2. The Balaban J connectivity index is 1.70. The fourth-order valence-corrected chi connectivity index (χ4v) is 1.66. The molecule has 1 heterocycles. The van der Waals surface area contributed by atoms with Gasteiger partial charge in [-0.15, -0.1) is 0 Å². The molecule has 0 spiro atoms. The molecule has 2 rings (SSSR count). The smallest absolute Gasteiger partial charge is 0.236 e. The van der Waals surface area contributed by atoms with Gasteiger partial charge in [0.1, 0.15) is 11.5 Å². The molecule has 0 radical (unpaired) electrons. The molecule has 1 amide bonds. The highest BCUT2D eigenvalue weighted by Crippen LogP contribution is 2.27. The summed E-state index contributed by atoms with van der Waals surface area (Å²) in [4.78, 5) is 13.4. The zero-order valence-electron chi connectivity index (χ0n) is 10.4. The number of aryl methyl sites for hydroxylation is 1. The maximum Gasteiger partial charge on any atom is 0.236 e. The summed E-state index contributed by atoms with van der Waals surface area (Å²) in [6.07, 6.45) is 2.60. The summed E-state index contributed by atoms with van der Waals surface area (Å²) in [5, 5.41) is 7.05. The Bertz CT molecular complexity index is 385. The first-order valence-corrected chi connectivity index (χ1v) is 6.02. The topological polar surface area (TPSA) is 58.4 Å². The quantitative estimate of drug-likeness (QED) is 0.800. The fourth-order valence-electron chi connectivity index (χ4n) is 1.66. The Morgan fingerprint density at radius 1 is 1.65 bits per heavy atom. The van der Waals surface area contributed by atoms with Crippen LogP contribution in [-0.4, -0.2) is 36.1 Å². The first-order chi connectivity index (χ1) is 8.15. The first-order valence-electron chi connectivity index (χ1n) is 6.02. The van der Waals surface area contributed by atoms with Crippen molar-refractivity contribution in [3.05, 3.63) is 17.5 Å². The van der Waals surface area contributed by atoms with Crippen molar-refractivity contribution in [2.45, 2.75) is 26.3 Å². The van der Waals surface area contributed by atoms with Crippen LogP contribution >= 0.6 is 0 Å². The van der Waals surface area contributed by atoms with E-state index in [9.17, 15) is 4.79 Å². The van der Waals surface area contributed by atoms with Gasteiger partial charge in [-0.2, -0.15) is 0 Å². The number of hydrogen-bond donors (Lipinski definition) is 1. The normalized spacial score (nSPS) is 14.9. The molecule has 1 fully saturated rings. The summed E-state index contributed by atoms with van der Waals surface area (Å²) in [7, 11) is 1.78. The summed E-state index contributed by atoms with van der Waals surface area (Å²) >= 11 is 0. The number of carbonyl (C=O) groups excluding carboxylic acids is 1. The molecular formula is C12H19N3O2. The highest BCUT2D eigenvalue weighted by atomic mass is 16.5. The standard InChI is InChI=1S/C12H19N3O2/c1-9-5-11(14-17-9)8-15(2)12(16)7-13-6-10-3-4-10/h5,10,13H,3-4,6-8H2,1-2H3. The Hall–Kier alpha value is -1.36. The fraction of sp³-hybridized carbons (Fsp3) is 0.667. The van der Waals surface area contributed by atoms with Crippen LogP contribution in [0.5, 0.6) is 0 Å². The van der Waals surface area contributed by atoms with E-state index in [0.717, 1.165) is 23.9 Å². The lowest BCUT2D eigenvalue weighted by molar-refractivity contribution is -0.129. The van der Waals surface area contributed by atoms with Crippen LogP contribution in [0, 0.1) is 12.8 Å². The number of nitrogens with one attached hydrogen (secondary N) is 1. The van der Waals surface area contributed by atoms with E-state index < -0.39 is 0 Å². The number of carbonyl (C=O) groups is 1. The maximum atomic E-state index is 11.8. The molecular weight excluding hydrogens is 218 g/mol. The van der Waals surface area contributed by atoms with Gasteiger partial charge in [0.15, 0.2) is 0 Å². The maximum absolute atomic E-state index is 11.8. The molecule has 0 aliphatic heterocycles. The molecule has 0 saturated heterocycles. The third kappa shape index (κ3) is 3.85. The van der Waals surface area contributed by atoms with Crippen molar-refractivity contribution in [2.24, 2.45) is 5.92 Å². The molecule has 17 heavy (non-hydrogen) atoms. The van der Waals surface area contributed by atoms with Crippen molar-refractivity contribution in [3.8, 4) is 0 Å². The van der Waals surface area contributed by atoms with Crippen molar-refractivity contribution < 1.29 is 9.32 Å². The van der Waals surface area contributed by atoms with Crippen LogP contribution in [0.4, 0.5) is 0 Å². The van der Waals surface area contributed by atoms with Crippen LogP contribution in [0.15, 0.2) is 10.6 Å².